The predicted octanol–water partition coefficient (Wildman–Crippen LogP) is 3.71. The van der Waals surface area contributed by atoms with E-state index in [9.17, 15) is 0 Å². The van der Waals surface area contributed by atoms with Gasteiger partial charge in [0.15, 0.2) is 0 Å². The van der Waals surface area contributed by atoms with Crippen molar-refractivity contribution < 1.29 is 0 Å². The Bertz CT molecular complexity index is 302. The highest BCUT2D eigenvalue weighted by molar-refractivity contribution is 5.06. The van der Waals surface area contributed by atoms with Gasteiger partial charge in [-0.15, -0.1) is 0 Å². The summed E-state index contributed by atoms with van der Waals surface area (Å²) in [7, 11) is 0. The Morgan fingerprint density at radius 2 is 1.74 bits per heavy atom. The van der Waals surface area contributed by atoms with Crippen LogP contribution in [0.5, 0.6) is 0 Å². The largest absolute Gasteiger partial charge is 0.308 e. The van der Waals surface area contributed by atoms with E-state index in [1.165, 1.54) is 77.3 Å². The van der Waals surface area contributed by atoms with Gasteiger partial charge in [-0.05, 0) is 39.0 Å². The van der Waals surface area contributed by atoms with E-state index in [1.54, 1.807) is 0 Å². The molecule has 0 aromatic heterocycles. The third kappa shape index (κ3) is 2.58. The lowest BCUT2D eigenvalue weighted by Gasteiger charge is -2.57. The first kappa shape index (κ1) is 13.9. The molecule has 3 fully saturated rings. The zero-order chi connectivity index (χ0) is 13.3. The normalized spacial score (nSPS) is 36.9. The quantitative estimate of drug-likeness (QED) is 0.818. The van der Waals surface area contributed by atoms with E-state index < -0.39 is 0 Å². The highest BCUT2D eigenvalue weighted by Crippen LogP contribution is 2.41. The lowest BCUT2D eigenvalue weighted by Crippen LogP contribution is -2.71. The second-order valence-corrected chi connectivity index (χ2v) is 7.62. The standard InChI is InChI=1S/C17H32N2/c1-3-16(2)14-19(15-9-5-6-10-15)17(13-18-16)11-7-4-8-12-17/h15,18H,3-14H2,1-2H3. The van der Waals surface area contributed by atoms with Crippen LogP contribution < -0.4 is 5.32 Å². The van der Waals surface area contributed by atoms with Crippen LogP contribution in [0.15, 0.2) is 0 Å². The molecule has 3 aliphatic rings. The van der Waals surface area contributed by atoms with Crippen molar-refractivity contribution in [2.45, 2.75) is 95.2 Å². The Hall–Kier alpha value is -0.0800. The Morgan fingerprint density at radius 3 is 2.37 bits per heavy atom. The first-order chi connectivity index (χ1) is 9.18. The summed E-state index contributed by atoms with van der Waals surface area (Å²) in [5.41, 5.74) is 0.868. The van der Waals surface area contributed by atoms with E-state index in [4.69, 9.17) is 0 Å². The molecular formula is C17H32N2. The maximum absolute atomic E-state index is 3.92. The van der Waals surface area contributed by atoms with Crippen molar-refractivity contribution in [1.29, 1.82) is 0 Å². The third-order valence-corrected chi connectivity index (χ3v) is 6.30. The fourth-order valence-electron chi connectivity index (χ4n) is 4.72. The van der Waals surface area contributed by atoms with Crippen LogP contribution in [0.25, 0.3) is 0 Å². The molecule has 2 aliphatic carbocycles. The molecule has 110 valence electrons. The molecule has 2 nitrogen and oxygen atoms in total. The first-order valence-corrected chi connectivity index (χ1v) is 8.69. The van der Waals surface area contributed by atoms with Crippen molar-refractivity contribution in [3.63, 3.8) is 0 Å². The molecular weight excluding hydrogens is 232 g/mol. The average Bonchev–Trinajstić information content (AvgIpc) is 2.97. The molecule has 3 rings (SSSR count). The maximum atomic E-state index is 3.92. The summed E-state index contributed by atoms with van der Waals surface area (Å²) >= 11 is 0. The Morgan fingerprint density at radius 1 is 1.05 bits per heavy atom. The number of nitrogens with zero attached hydrogens (tertiary/aromatic N) is 1. The van der Waals surface area contributed by atoms with Crippen LogP contribution in [-0.2, 0) is 0 Å². The van der Waals surface area contributed by atoms with E-state index in [0.29, 0.717) is 11.1 Å². The molecule has 1 N–H and O–H groups in total. The fourth-order valence-corrected chi connectivity index (χ4v) is 4.72. The highest BCUT2D eigenvalue weighted by Gasteiger charge is 2.48. The van der Waals surface area contributed by atoms with Crippen molar-refractivity contribution >= 4 is 0 Å². The average molecular weight is 264 g/mol. The first-order valence-electron chi connectivity index (χ1n) is 8.69. The summed E-state index contributed by atoms with van der Waals surface area (Å²) in [5.74, 6) is 0. The molecule has 0 aromatic rings. The summed E-state index contributed by atoms with van der Waals surface area (Å²) in [6.45, 7) is 7.31. The van der Waals surface area contributed by atoms with Gasteiger partial charge in [-0.25, -0.2) is 0 Å². The van der Waals surface area contributed by atoms with Gasteiger partial charge >= 0.3 is 0 Å². The third-order valence-electron chi connectivity index (χ3n) is 6.30. The van der Waals surface area contributed by atoms with Gasteiger partial charge in [-0.1, -0.05) is 39.0 Å². The van der Waals surface area contributed by atoms with Gasteiger partial charge in [0.05, 0.1) is 0 Å². The number of hydrogen-bond donors (Lipinski definition) is 1. The molecule has 1 atom stereocenters. The van der Waals surface area contributed by atoms with Crippen molar-refractivity contribution in [3.8, 4) is 0 Å². The molecule has 1 heterocycles. The minimum absolute atomic E-state index is 0.352. The van der Waals surface area contributed by atoms with Crippen LogP contribution in [0.4, 0.5) is 0 Å². The smallest absolute Gasteiger partial charge is 0.0337 e. The van der Waals surface area contributed by atoms with Gasteiger partial charge in [0, 0.05) is 30.2 Å². The molecule has 2 heteroatoms. The number of rotatable bonds is 2. The number of nitrogens with one attached hydrogen (secondary N) is 1. The van der Waals surface area contributed by atoms with Gasteiger partial charge in [0.25, 0.3) is 0 Å². The van der Waals surface area contributed by atoms with Crippen LogP contribution >= 0.6 is 0 Å². The molecule has 1 aliphatic heterocycles. The molecule has 1 saturated heterocycles. The van der Waals surface area contributed by atoms with E-state index in [-0.39, 0.29) is 0 Å². The molecule has 0 aromatic carbocycles. The van der Waals surface area contributed by atoms with Crippen molar-refractivity contribution in [2.24, 2.45) is 0 Å². The van der Waals surface area contributed by atoms with Crippen molar-refractivity contribution in [1.82, 2.24) is 10.2 Å². The van der Waals surface area contributed by atoms with Crippen LogP contribution in [0.2, 0.25) is 0 Å². The van der Waals surface area contributed by atoms with E-state index in [1.807, 2.05) is 0 Å². The molecule has 1 spiro atoms. The zero-order valence-electron chi connectivity index (χ0n) is 13.0. The lowest BCUT2D eigenvalue weighted by molar-refractivity contribution is -0.0433. The molecule has 2 saturated carbocycles. The summed E-state index contributed by atoms with van der Waals surface area (Å²) < 4.78 is 0. The monoisotopic (exact) mass is 264 g/mol. The minimum Gasteiger partial charge on any atom is -0.308 e. The summed E-state index contributed by atoms with van der Waals surface area (Å²) in [5, 5.41) is 3.92. The van der Waals surface area contributed by atoms with Gasteiger partial charge in [-0.3, -0.25) is 4.90 Å². The van der Waals surface area contributed by atoms with Crippen LogP contribution in [0, 0.1) is 0 Å². The molecule has 0 radical (unpaired) electrons. The Kier molecular flexibility index (Phi) is 3.92. The van der Waals surface area contributed by atoms with Gasteiger partial charge in [0.1, 0.15) is 0 Å². The van der Waals surface area contributed by atoms with E-state index in [0.717, 1.165) is 6.04 Å². The summed E-state index contributed by atoms with van der Waals surface area (Å²) in [6, 6.07) is 0.895. The maximum Gasteiger partial charge on any atom is 0.0337 e. The topological polar surface area (TPSA) is 15.3 Å². The predicted molar refractivity (Wildman–Crippen MR) is 81.5 cm³/mol. The van der Waals surface area contributed by atoms with Gasteiger partial charge in [-0.2, -0.15) is 0 Å². The van der Waals surface area contributed by atoms with E-state index in [2.05, 4.69) is 24.1 Å². The zero-order valence-corrected chi connectivity index (χ0v) is 13.0. The van der Waals surface area contributed by atoms with Crippen LogP contribution in [0.1, 0.15) is 78.1 Å². The molecule has 19 heavy (non-hydrogen) atoms. The van der Waals surface area contributed by atoms with Crippen LogP contribution in [-0.4, -0.2) is 35.1 Å². The van der Waals surface area contributed by atoms with Crippen molar-refractivity contribution in [3.05, 3.63) is 0 Å². The summed E-state index contributed by atoms with van der Waals surface area (Å²) in [6.07, 6.45) is 14.4. The van der Waals surface area contributed by atoms with Gasteiger partial charge in [0.2, 0.25) is 0 Å². The van der Waals surface area contributed by atoms with E-state index >= 15 is 0 Å². The van der Waals surface area contributed by atoms with Crippen LogP contribution in [0.3, 0.4) is 0 Å². The number of hydrogen-bond acceptors (Lipinski definition) is 2. The number of piperazine rings is 1. The molecule has 0 bridgehead atoms. The fraction of sp³-hybridized carbons (Fsp3) is 1.00. The van der Waals surface area contributed by atoms with Gasteiger partial charge < -0.3 is 5.32 Å². The minimum atomic E-state index is 0.352. The Balaban J connectivity index is 1.81. The highest BCUT2D eigenvalue weighted by atomic mass is 15.3. The summed E-state index contributed by atoms with van der Waals surface area (Å²) in [4.78, 5) is 2.99. The van der Waals surface area contributed by atoms with Crippen molar-refractivity contribution in [2.75, 3.05) is 13.1 Å². The molecule has 1 unspecified atom stereocenters. The Labute approximate surface area is 119 Å². The molecule has 0 amide bonds. The second-order valence-electron chi connectivity index (χ2n) is 7.62. The lowest BCUT2D eigenvalue weighted by atomic mass is 9.75. The SMILES string of the molecule is CCC1(C)CN(C2CCCC2)C2(CCCCC2)CN1. The second kappa shape index (κ2) is 5.37.